The smallest absolute Gasteiger partial charge is 0.407 e. The van der Waals surface area contributed by atoms with Crippen LogP contribution in [0, 0.1) is 0 Å². The molecule has 0 bridgehead atoms. The normalized spacial score (nSPS) is 25.1. The first kappa shape index (κ1) is 12.8. The number of rotatable bonds is 2. The molecule has 1 aromatic heterocycles. The summed E-state index contributed by atoms with van der Waals surface area (Å²) in [5.74, 6) is 0. The molecule has 18 heavy (non-hydrogen) atoms. The lowest BCUT2D eigenvalue weighted by Gasteiger charge is -2.43. The molecule has 1 amide bonds. The molecule has 2 rings (SSSR count). The van der Waals surface area contributed by atoms with Gasteiger partial charge in [0.05, 0.1) is 5.69 Å². The fourth-order valence-electron chi connectivity index (χ4n) is 2.43. The number of carbonyl (C=O) groups is 1. The summed E-state index contributed by atoms with van der Waals surface area (Å²) in [6, 6.07) is 4.18. The summed E-state index contributed by atoms with van der Waals surface area (Å²) in [5.41, 5.74) is 0.917. The zero-order valence-corrected chi connectivity index (χ0v) is 10.7. The fourth-order valence-corrected chi connectivity index (χ4v) is 2.43. The van der Waals surface area contributed by atoms with Crippen LogP contribution in [0.3, 0.4) is 0 Å². The van der Waals surface area contributed by atoms with Crippen molar-refractivity contribution < 1.29 is 9.90 Å². The number of nitrogens with zero attached hydrogens (tertiary/aromatic N) is 4. The van der Waals surface area contributed by atoms with Gasteiger partial charge in [-0.3, -0.25) is 4.90 Å². The maximum atomic E-state index is 11.0. The van der Waals surface area contributed by atoms with Gasteiger partial charge < -0.3 is 10.0 Å². The van der Waals surface area contributed by atoms with Crippen molar-refractivity contribution in [2.75, 3.05) is 13.1 Å². The zero-order valence-electron chi connectivity index (χ0n) is 10.7. The number of hydrogen-bond donors (Lipinski definition) is 1. The van der Waals surface area contributed by atoms with Gasteiger partial charge in [0.1, 0.15) is 0 Å². The molecule has 1 aromatic rings. The van der Waals surface area contributed by atoms with E-state index in [1.807, 2.05) is 26.0 Å². The van der Waals surface area contributed by atoms with Crippen LogP contribution < -0.4 is 0 Å². The van der Waals surface area contributed by atoms with Crippen LogP contribution >= 0.6 is 0 Å². The summed E-state index contributed by atoms with van der Waals surface area (Å²) in [6.07, 6.45) is 0.812. The fraction of sp³-hybridized carbons (Fsp3) is 0.583. The summed E-state index contributed by atoms with van der Waals surface area (Å²) >= 11 is 0. The molecule has 1 fully saturated rings. The third-order valence-electron chi connectivity index (χ3n) is 3.34. The first-order valence-electron chi connectivity index (χ1n) is 6.08. The number of aromatic nitrogens is 2. The molecule has 0 radical (unpaired) electrons. The minimum absolute atomic E-state index is 0.187. The lowest BCUT2D eigenvalue weighted by Crippen LogP contribution is -2.57. The molecule has 98 valence electrons. The summed E-state index contributed by atoms with van der Waals surface area (Å²) in [5, 5.41) is 17.0. The van der Waals surface area contributed by atoms with E-state index >= 15 is 0 Å². The van der Waals surface area contributed by atoms with E-state index in [1.54, 1.807) is 6.20 Å². The van der Waals surface area contributed by atoms with Gasteiger partial charge in [0.25, 0.3) is 0 Å². The van der Waals surface area contributed by atoms with Crippen LogP contribution in [0.2, 0.25) is 0 Å². The van der Waals surface area contributed by atoms with E-state index in [0.29, 0.717) is 19.6 Å². The Bertz CT molecular complexity index is 400. The first-order valence-corrected chi connectivity index (χ1v) is 6.08. The van der Waals surface area contributed by atoms with Crippen LogP contribution in [-0.2, 0) is 6.54 Å². The van der Waals surface area contributed by atoms with Crippen molar-refractivity contribution in [2.45, 2.75) is 32.5 Å². The van der Waals surface area contributed by atoms with Crippen molar-refractivity contribution >= 4 is 6.09 Å². The second-order valence-electron chi connectivity index (χ2n) is 4.77. The SMILES string of the molecule is CC1CN(C(=O)O)C[C@@H](C)N1Cc1cccnn1. The summed E-state index contributed by atoms with van der Waals surface area (Å²) in [4.78, 5) is 14.7. The highest BCUT2D eigenvalue weighted by atomic mass is 16.4. The molecule has 0 saturated carbocycles. The highest BCUT2D eigenvalue weighted by molar-refractivity contribution is 5.65. The van der Waals surface area contributed by atoms with Gasteiger partial charge in [-0.1, -0.05) is 0 Å². The number of amides is 1. The summed E-state index contributed by atoms with van der Waals surface area (Å²) < 4.78 is 0. The van der Waals surface area contributed by atoms with Crippen molar-refractivity contribution in [2.24, 2.45) is 0 Å². The second kappa shape index (κ2) is 5.30. The van der Waals surface area contributed by atoms with Crippen molar-refractivity contribution in [3.63, 3.8) is 0 Å². The number of carboxylic acid groups (broad SMARTS) is 1. The largest absolute Gasteiger partial charge is 0.465 e. The van der Waals surface area contributed by atoms with Crippen LogP contribution in [0.4, 0.5) is 4.79 Å². The van der Waals surface area contributed by atoms with Crippen LogP contribution in [0.5, 0.6) is 0 Å². The average Bonchev–Trinajstić information content (AvgIpc) is 2.34. The van der Waals surface area contributed by atoms with Gasteiger partial charge in [0.15, 0.2) is 0 Å². The predicted octanol–water partition coefficient (Wildman–Crippen LogP) is 1.05. The Morgan fingerprint density at radius 2 is 2.11 bits per heavy atom. The molecule has 2 atom stereocenters. The Hall–Kier alpha value is -1.69. The topological polar surface area (TPSA) is 69.6 Å². The predicted molar refractivity (Wildman–Crippen MR) is 66.1 cm³/mol. The van der Waals surface area contributed by atoms with Gasteiger partial charge in [0.2, 0.25) is 0 Å². The molecular formula is C12H18N4O2. The van der Waals surface area contributed by atoms with Crippen molar-refractivity contribution in [3.8, 4) is 0 Å². The number of piperazine rings is 1. The zero-order chi connectivity index (χ0) is 13.1. The lowest BCUT2D eigenvalue weighted by molar-refractivity contribution is 0.0341. The molecule has 1 N–H and O–H groups in total. The Balaban J connectivity index is 2.04. The molecule has 1 aliphatic heterocycles. The third kappa shape index (κ3) is 2.76. The molecule has 6 nitrogen and oxygen atoms in total. The van der Waals surface area contributed by atoms with Gasteiger partial charge >= 0.3 is 6.09 Å². The van der Waals surface area contributed by atoms with Crippen LogP contribution in [0.25, 0.3) is 0 Å². The van der Waals surface area contributed by atoms with Crippen molar-refractivity contribution in [1.82, 2.24) is 20.0 Å². The molecular weight excluding hydrogens is 232 g/mol. The Labute approximate surface area is 106 Å². The molecule has 0 spiro atoms. The van der Waals surface area contributed by atoms with Gasteiger partial charge in [-0.15, -0.1) is 0 Å². The Morgan fingerprint density at radius 1 is 1.44 bits per heavy atom. The highest BCUT2D eigenvalue weighted by Gasteiger charge is 2.31. The monoisotopic (exact) mass is 250 g/mol. The quantitative estimate of drug-likeness (QED) is 0.849. The van der Waals surface area contributed by atoms with E-state index in [-0.39, 0.29) is 12.1 Å². The average molecular weight is 250 g/mol. The van der Waals surface area contributed by atoms with Crippen LogP contribution in [0.1, 0.15) is 19.5 Å². The lowest BCUT2D eigenvalue weighted by atomic mass is 10.1. The maximum Gasteiger partial charge on any atom is 0.407 e. The number of hydrogen-bond acceptors (Lipinski definition) is 4. The summed E-state index contributed by atoms with van der Waals surface area (Å²) in [6.45, 7) is 5.88. The minimum Gasteiger partial charge on any atom is -0.465 e. The van der Waals surface area contributed by atoms with Crippen LogP contribution in [0.15, 0.2) is 18.3 Å². The van der Waals surface area contributed by atoms with E-state index in [2.05, 4.69) is 15.1 Å². The minimum atomic E-state index is -0.840. The first-order chi connectivity index (χ1) is 8.58. The van der Waals surface area contributed by atoms with Gasteiger partial charge in [-0.05, 0) is 26.0 Å². The Kier molecular flexibility index (Phi) is 3.76. The van der Waals surface area contributed by atoms with Gasteiger partial charge in [0, 0.05) is 37.9 Å². The molecule has 6 heteroatoms. The van der Waals surface area contributed by atoms with E-state index in [1.165, 1.54) is 4.90 Å². The summed E-state index contributed by atoms with van der Waals surface area (Å²) in [7, 11) is 0. The van der Waals surface area contributed by atoms with Gasteiger partial charge in [-0.25, -0.2) is 4.79 Å². The maximum absolute atomic E-state index is 11.0. The van der Waals surface area contributed by atoms with Crippen molar-refractivity contribution in [1.29, 1.82) is 0 Å². The third-order valence-corrected chi connectivity index (χ3v) is 3.34. The van der Waals surface area contributed by atoms with E-state index < -0.39 is 6.09 Å². The van der Waals surface area contributed by atoms with Crippen LogP contribution in [-0.4, -0.2) is 56.4 Å². The standard InChI is InChI=1S/C12H18N4O2/c1-9-6-15(12(17)18)7-10(2)16(9)8-11-4-3-5-13-14-11/h3-5,9-10H,6-8H2,1-2H3,(H,17,18)/t9-,10?/m1/s1. The molecule has 2 heterocycles. The molecule has 0 aliphatic carbocycles. The molecule has 0 aromatic carbocycles. The van der Waals surface area contributed by atoms with E-state index in [9.17, 15) is 4.79 Å². The molecule has 1 unspecified atom stereocenters. The Morgan fingerprint density at radius 3 is 2.61 bits per heavy atom. The van der Waals surface area contributed by atoms with E-state index in [0.717, 1.165) is 5.69 Å². The molecule has 1 aliphatic rings. The molecule has 1 saturated heterocycles. The highest BCUT2D eigenvalue weighted by Crippen LogP contribution is 2.18. The second-order valence-corrected chi connectivity index (χ2v) is 4.77. The van der Waals surface area contributed by atoms with Gasteiger partial charge in [-0.2, -0.15) is 10.2 Å². The van der Waals surface area contributed by atoms with E-state index in [4.69, 9.17) is 5.11 Å². The van der Waals surface area contributed by atoms with Crippen molar-refractivity contribution in [3.05, 3.63) is 24.0 Å².